The van der Waals surface area contributed by atoms with Crippen molar-refractivity contribution in [1.29, 1.82) is 5.26 Å². The van der Waals surface area contributed by atoms with Crippen LogP contribution in [-0.2, 0) is 38.8 Å². The predicted octanol–water partition coefficient (Wildman–Crippen LogP) is 5.08. The van der Waals surface area contributed by atoms with Crippen LogP contribution in [0.5, 0.6) is 0 Å². The number of hydrogen-bond donors (Lipinski definition) is 0. The van der Waals surface area contributed by atoms with Crippen LogP contribution in [0.4, 0.5) is 13.2 Å². The lowest BCUT2D eigenvalue weighted by molar-refractivity contribution is -0.0897. The van der Waals surface area contributed by atoms with Crippen LogP contribution in [-0.4, -0.2) is 31.0 Å². The number of ether oxygens (including phenoxy) is 4. The fourth-order valence-electron chi connectivity index (χ4n) is 3.91. The first kappa shape index (κ1) is 24.9. The summed E-state index contributed by atoms with van der Waals surface area (Å²) in [6.45, 7) is 0.299. The van der Waals surface area contributed by atoms with Crippen LogP contribution in [0, 0.1) is 28.8 Å². The Morgan fingerprint density at radius 3 is 1.69 bits per heavy atom. The van der Waals surface area contributed by atoms with Gasteiger partial charge in [0.05, 0.1) is 32.5 Å². The van der Waals surface area contributed by atoms with Crippen molar-refractivity contribution in [2.75, 3.05) is 6.61 Å². The van der Waals surface area contributed by atoms with E-state index < -0.39 is 36.1 Å². The monoisotopic (exact) mass is 483 g/mol. The summed E-state index contributed by atoms with van der Waals surface area (Å²) >= 11 is 0. The lowest BCUT2D eigenvalue weighted by Crippen LogP contribution is -2.38. The molecule has 0 aromatic heterocycles. The van der Waals surface area contributed by atoms with Gasteiger partial charge in [0, 0.05) is 0 Å². The van der Waals surface area contributed by atoms with E-state index >= 15 is 0 Å². The number of nitrogens with zero attached hydrogens (tertiary/aromatic N) is 1. The standard InChI is InChI=1S/C27H24F3NO4/c28-21-7-1-4-18(10-21)14-32-17-25-27(34-16-20-6-3-9-23(30)12-20)26(24(13-31)35-25)33-15-19-5-2-8-22(29)11-19/h1-12,24-27H,14-17H2/t24-,25-,26+,27-/m1/s1. The topological polar surface area (TPSA) is 60.7 Å². The fraction of sp³-hybridized carbons (Fsp3) is 0.296. The van der Waals surface area contributed by atoms with Gasteiger partial charge in [-0.25, -0.2) is 13.2 Å². The Morgan fingerprint density at radius 2 is 1.20 bits per heavy atom. The highest BCUT2D eigenvalue weighted by Gasteiger charge is 2.46. The molecular formula is C27H24F3NO4. The number of hydrogen-bond acceptors (Lipinski definition) is 5. The van der Waals surface area contributed by atoms with Crippen LogP contribution in [0.25, 0.3) is 0 Å². The highest BCUT2D eigenvalue weighted by Crippen LogP contribution is 2.29. The lowest BCUT2D eigenvalue weighted by Gasteiger charge is -2.24. The minimum absolute atomic E-state index is 0.0423. The van der Waals surface area contributed by atoms with E-state index in [1.54, 1.807) is 36.4 Å². The highest BCUT2D eigenvalue weighted by molar-refractivity contribution is 5.17. The Labute approximate surface area is 201 Å². The maximum Gasteiger partial charge on any atom is 0.173 e. The molecule has 1 aliphatic heterocycles. The summed E-state index contributed by atoms with van der Waals surface area (Å²) in [4.78, 5) is 0. The van der Waals surface area contributed by atoms with Gasteiger partial charge in [-0.2, -0.15) is 5.26 Å². The van der Waals surface area contributed by atoms with Gasteiger partial charge >= 0.3 is 0 Å². The normalized spacial score (nSPS) is 21.7. The molecule has 0 amide bonds. The van der Waals surface area contributed by atoms with Crippen LogP contribution in [0.15, 0.2) is 72.8 Å². The zero-order chi connectivity index (χ0) is 24.6. The first-order valence-corrected chi connectivity index (χ1v) is 11.1. The van der Waals surface area contributed by atoms with E-state index in [0.717, 1.165) is 0 Å². The maximum absolute atomic E-state index is 13.6. The van der Waals surface area contributed by atoms with Gasteiger partial charge in [-0.1, -0.05) is 36.4 Å². The molecule has 5 nitrogen and oxygen atoms in total. The smallest absolute Gasteiger partial charge is 0.173 e. The third kappa shape index (κ3) is 6.90. The Kier molecular flexibility index (Phi) is 8.50. The largest absolute Gasteiger partial charge is 0.374 e. The summed E-state index contributed by atoms with van der Waals surface area (Å²) in [5.74, 6) is -1.15. The molecule has 3 aromatic carbocycles. The van der Waals surface area contributed by atoms with E-state index in [9.17, 15) is 18.4 Å². The zero-order valence-electron chi connectivity index (χ0n) is 18.8. The minimum Gasteiger partial charge on any atom is -0.374 e. The number of benzene rings is 3. The molecule has 4 rings (SSSR count). The van der Waals surface area contributed by atoms with Gasteiger partial charge in [0.15, 0.2) is 6.10 Å². The lowest BCUT2D eigenvalue weighted by atomic mass is 10.1. The first-order chi connectivity index (χ1) is 17.0. The molecule has 0 N–H and O–H groups in total. The van der Waals surface area contributed by atoms with E-state index in [1.807, 2.05) is 0 Å². The molecule has 182 valence electrons. The summed E-state index contributed by atoms with van der Waals surface area (Å²) in [6.07, 6.45) is -3.13. The summed E-state index contributed by atoms with van der Waals surface area (Å²) < 4.78 is 64.2. The Hall–Kier alpha value is -3.22. The maximum atomic E-state index is 13.6. The van der Waals surface area contributed by atoms with E-state index in [0.29, 0.717) is 16.7 Å². The molecule has 0 saturated carbocycles. The van der Waals surface area contributed by atoms with E-state index in [2.05, 4.69) is 6.07 Å². The van der Waals surface area contributed by atoms with Crippen molar-refractivity contribution in [3.63, 3.8) is 0 Å². The second-order valence-electron chi connectivity index (χ2n) is 8.18. The van der Waals surface area contributed by atoms with Crippen molar-refractivity contribution in [3.8, 4) is 6.07 Å². The SMILES string of the molecule is N#C[C@H]1O[C@H](COCc2cccc(F)c2)[C@@H](OCc2cccc(F)c2)[C@H]1OCc1cccc(F)c1. The summed E-state index contributed by atoms with van der Waals surface area (Å²) in [5.41, 5.74) is 1.85. The Morgan fingerprint density at radius 1 is 0.714 bits per heavy atom. The van der Waals surface area contributed by atoms with Crippen molar-refractivity contribution in [2.45, 2.75) is 44.2 Å². The van der Waals surface area contributed by atoms with E-state index in [1.165, 1.54) is 36.4 Å². The number of halogens is 3. The Bertz CT molecular complexity index is 1170. The van der Waals surface area contributed by atoms with Crippen LogP contribution >= 0.6 is 0 Å². The van der Waals surface area contributed by atoms with E-state index in [-0.39, 0.29) is 32.2 Å². The average molecular weight is 483 g/mol. The number of nitriles is 1. The fourth-order valence-corrected chi connectivity index (χ4v) is 3.91. The molecule has 3 aromatic rings. The zero-order valence-corrected chi connectivity index (χ0v) is 18.8. The van der Waals surface area contributed by atoms with Crippen molar-refractivity contribution < 1.29 is 32.1 Å². The highest BCUT2D eigenvalue weighted by atomic mass is 19.1. The molecule has 1 fully saturated rings. The second kappa shape index (κ2) is 12.0. The molecule has 0 bridgehead atoms. The van der Waals surface area contributed by atoms with Gasteiger partial charge in [0.1, 0.15) is 35.8 Å². The Balaban J connectivity index is 1.46. The van der Waals surface area contributed by atoms with E-state index in [4.69, 9.17) is 18.9 Å². The summed E-state index contributed by atoms with van der Waals surface area (Å²) in [5, 5.41) is 9.67. The third-order valence-corrected chi connectivity index (χ3v) is 5.54. The van der Waals surface area contributed by atoms with Gasteiger partial charge in [-0.15, -0.1) is 0 Å². The third-order valence-electron chi connectivity index (χ3n) is 5.54. The van der Waals surface area contributed by atoms with Gasteiger partial charge in [-0.05, 0) is 53.1 Å². The van der Waals surface area contributed by atoms with Crippen molar-refractivity contribution >= 4 is 0 Å². The summed E-state index contributed by atoms with van der Waals surface area (Å²) in [7, 11) is 0. The first-order valence-electron chi connectivity index (χ1n) is 11.1. The molecule has 1 saturated heterocycles. The predicted molar refractivity (Wildman–Crippen MR) is 120 cm³/mol. The van der Waals surface area contributed by atoms with Crippen LogP contribution in [0.2, 0.25) is 0 Å². The van der Waals surface area contributed by atoms with Crippen LogP contribution in [0.1, 0.15) is 16.7 Å². The number of rotatable bonds is 10. The van der Waals surface area contributed by atoms with Crippen molar-refractivity contribution in [1.82, 2.24) is 0 Å². The quantitative estimate of drug-likeness (QED) is 0.403. The average Bonchev–Trinajstić information content (AvgIpc) is 3.18. The molecular weight excluding hydrogens is 459 g/mol. The molecule has 0 aliphatic carbocycles. The molecule has 0 spiro atoms. The second-order valence-corrected chi connectivity index (χ2v) is 8.18. The summed E-state index contributed by atoms with van der Waals surface area (Å²) in [6, 6.07) is 20.1. The van der Waals surface area contributed by atoms with Gasteiger partial charge in [0.25, 0.3) is 0 Å². The molecule has 8 heteroatoms. The van der Waals surface area contributed by atoms with Gasteiger partial charge < -0.3 is 18.9 Å². The van der Waals surface area contributed by atoms with Crippen LogP contribution in [0.3, 0.4) is 0 Å². The molecule has 35 heavy (non-hydrogen) atoms. The molecule has 1 aliphatic rings. The molecule has 1 heterocycles. The van der Waals surface area contributed by atoms with Crippen molar-refractivity contribution in [3.05, 3.63) is 107 Å². The van der Waals surface area contributed by atoms with Gasteiger partial charge in [0.2, 0.25) is 0 Å². The molecule has 0 unspecified atom stereocenters. The van der Waals surface area contributed by atoms with Gasteiger partial charge in [-0.3, -0.25) is 0 Å². The molecule has 4 atom stereocenters. The van der Waals surface area contributed by atoms with Crippen molar-refractivity contribution in [2.24, 2.45) is 0 Å². The molecule has 0 radical (unpaired) electrons. The minimum atomic E-state index is -0.955. The van der Waals surface area contributed by atoms with Crippen LogP contribution < -0.4 is 0 Å².